The molecular formula is C23H24IN9. The van der Waals surface area contributed by atoms with Crippen molar-refractivity contribution in [2.75, 3.05) is 0 Å². The third kappa shape index (κ3) is 5.23. The molecule has 0 aliphatic rings. The van der Waals surface area contributed by atoms with Crippen LogP contribution in [0, 0.1) is 0 Å². The number of nitrogens with zero attached hydrogens (tertiary/aromatic N) is 8. The van der Waals surface area contributed by atoms with Gasteiger partial charge in [0, 0.05) is 33.6 Å². The van der Waals surface area contributed by atoms with E-state index in [2.05, 4.69) is 95.1 Å². The van der Waals surface area contributed by atoms with Crippen LogP contribution in [0.2, 0.25) is 0 Å². The Morgan fingerprint density at radius 3 is 2.58 bits per heavy atom. The maximum absolute atomic E-state index is 8.86. The number of hydrogen-bond donors (Lipinski definition) is 1. The van der Waals surface area contributed by atoms with Crippen molar-refractivity contribution in [3.05, 3.63) is 81.7 Å². The molecule has 2 aromatic heterocycles. The number of azide groups is 1. The van der Waals surface area contributed by atoms with Crippen molar-refractivity contribution in [1.82, 2.24) is 30.2 Å². The quantitative estimate of drug-likeness (QED) is 0.0869. The van der Waals surface area contributed by atoms with Crippen molar-refractivity contribution < 1.29 is 0 Å². The standard InChI is InChI=1S/C23H24IN9/c1-2-3-8-22-27-20(13-24)21(14-26-30-25)33(22)15-16-9-11-17(12-10-16)18-6-4-5-7-19(18)23-28-31-32-29-23/h4-7,9-12H,2-3,8,13-15H2,1H3,(H,28,29,31,32). The first-order valence-electron chi connectivity index (χ1n) is 10.8. The second-order valence-electron chi connectivity index (χ2n) is 7.61. The van der Waals surface area contributed by atoms with Gasteiger partial charge in [-0.1, -0.05) is 89.6 Å². The van der Waals surface area contributed by atoms with Gasteiger partial charge < -0.3 is 4.57 Å². The van der Waals surface area contributed by atoms with Gasteiger partial charge >= 0.3 is 0 Å². The van der Waals surface area contributed by atoms with Crippen LogP contribution in [0.3, 0.4) is 0 Å². The van der Waals surface area contributed by atoms with Gasteiger partial charge in [0.1, 0.15) is 5.82 Å². The molecule has 0 spiro atoms. The Balaban J connectivity index is 1.65. The minimum Gasteiger partial charge on any atom is -0.327 e. The number of imidazole rings is 1. The third-order valence-corrected chi connectivity index (χ3v) is 6.24. The van der Waals surface area contributed by atoms with Crippen molar-refractivity contribution in [3.63, 3.8) is 0 Å². The van der Waals surface area contributed by atoms with E-state index in [0.29, 0.717) is 18.9 Å². The summed E-state index contributed by atoms with van der Waals surface area (Å²) in [6.07, 6.45) is 3.09. The molecule has 168 valence electrons. The number of nitrogens with one attached hydrogen (secondary N) is 1. The molecule has 2 aromatic carbocycles. The Bertz CT molecular complexity index is 1240. The largest absolute Gasteiger partial charge is 0.327 e. The van der Waals surface area contributed by atoms with Crippen LogP contribution in [0.1, 0.15) is 42.5 Å². The van der Waals surface area contributed by atoms with Gasteiger partial charge in [-0.3, -0.25) is 0 Å². The Kier molecular flexibility index (Phi) is 7.69. The van der Waals surface area contributed by atoms with E-state index in [1.54, 1.807) is 0 Å². The Labute approximate surface area is 205 Å². The SMILES string of the molecule is CCCCc1nc(CI)c(CN=[N+]=[N-])n1Cc1ccc(-c2ccccc2-c2nn[nH]n2)cc1. The van der Waals surface area contributed by atoms with Gasteiger partial charge in [-0.05, 0) is 33.9 Å². The molecule has 9 nitrogen and oxygen atoms in total. The zero-order valence-electron chi connectivity index (χ0n) is 18.3. The molecule has 0 radical (unpaired) electrons. The van der Waals surface area contributed by atoms with E-state index in [1.807, 2.05) is 18.2 Å². The predicted molar refractivity (Wildman–Crippen MR) is 136 cm³/mol. The molecule has 0 amide bonds. The molecule has 0 fully saturated rings. The van der Waals surface area contributed by atoms with Crippen molar-refractivity contribution in [2.45, 2.75) is 43.7 Å². The summed E-state index contributed by atoms with van der Waals surface area (Å²) in [7, 11) is 0. The zero-order valence-corrected chi connectivity index (χ0v) is 20.5. The van der Waals surface area contributed by atoms with Crippen molar-refractivity contribution in [2.24, 2.45) is 5.11 Å². The van der Waals surface area contributed by atoms with Gasteiger partial charge in [0.25, 0.3) is 0 Å². The number of aryl methyl sites for hydroxylation is 1. The maximum atomic E-state index is 8.86. The Morgan fingerprint density at radius 2 is 1.91 bits per heavy atom. The minimum atomic E-state index is 0.310. The van der Waals surface area contributed by atoms with Gasteiger partial charge in [-0.25, -0.2) is 4.98 Å². The highest BCUT2D eigenvalue weighted by Gasteiger charge is 2.16. The van der Waals surface area contributed by atoms with Gasteiger partial charge in [0.05, 0.1) is 12.2 Å². The summed E-state index contributed by atoms with van der Waals surface area (Å²) < 4.78 is 3.01. The Hall–Kier alpha value is -3.24. The van der Waals surface area contributed by atoms with Crippen LogP contribution in [0.4, 0.5) is 0 Å². The first kappa shape index (κ1) is 22.9. The van der Waals surface area contributed by atoms with Crippen LogP contribution >= 0.6 is 22.6 Å². The molecule has 0 bridgehead atoms. The molecule has 4 aromatic rings. The van der Waals surface area contributed by atoms with Crippen LogP contribution in [0.5, 0.6) is 0 Å². The summed E-state index contributed by atoms with van der Waals surface area (Å²) in [5.74, 6) is 1.63. The summed E-state index contributed by atoms with van der Waals surface area (Å²) in [6.45, 7) is 3.18. The monoisotopic (exact) mass is 553 g/mol. The number of benzene rings is 2. The second kappa shape index (κ2) is 11.1. The van der Waals surface area contributed by atoms with E-state index in [9.17, 15) is 0 Å². The van der Waals surface area contributed by atoms with Crippen LogP contribution in [0.15, 0.2) is 53.6 Å². The molecule has 0 aliphatic carbocycles. The molecule has 0 saturated carbocycles. The van der Waals surface area contributed by atoms with Crippen molar-refractivity contribution in [1.29, 1.82) is 0 Å². The minimum absolute atomic E-state index is 0.310. The zero-order chi connectivity index (χ0) is 23.0. The van der Waals surface area contributed by atoms with E-state index in [0.717, 1.165) is 63.2 Å². The summed E-state index contributed by atoms with van der Waals surface area (Å²) in [5.41, 5.74) is 15.1. The highest BCUT2D eigenvalue weighted by molar-refractivity contribution is 14.1. The van der Waals surface area contributed by atoms with E-state index >= 15 is 0 Å². The summed E-state index contributed by atoms with van der Waals surface area (Å²) in [6, 6.07) is 16.5. The van der Waals surface area contributed by atoms with Gasteiger partial charge in [-0.15, -0.1) is 10.2 Å². The lowest BCUT2D eigenvalue weighted by atomic mass is 9.98. The number of unbranched alkanes of at least 4 members (excludes halogenated alkanes) is 1. The lowest BCUT2D eigenvalue weighted by Crippen LogP contribution is -2.09. The van der Waals surface area contributed by atoms with Crippen LogP contribution in [-0.2, 0) is 23.9 Å². The third-order valence-electron chi connectivity index (χ3n) is 5.52. The fraction of sp³-hybridized carbons (Fsp3) is 0.304. The average molecular weight is 553 g/mol. The topological polar surface area (TPSA) is 121 Å². The Morgan fingerprint density at radius 1 is 1.12 bits per heavy atom. The number of tetrazole rings is 1. The highest BCUT2D eigenvalue weighted by Crippen LogP contribution is 2.30. The average Bonchev–Trinajstić information content (AvgIpc) is 3.50. The van der Waals surface area contributed by atoms with Crippen LogP contribution in [-0.4, -0.2) is 30.2 Å². The molecule has 1 N–H and O–H groups in total. The molecule has 10 heteroatoms. The summed E-state index contributed by atoms with van der Waals surface area (Å²) >= 11 is 2.32. The molecule has 0 unspecified atom stereocenters. The normalized spacial score (nSPS) is 10.8. The lowest BCUT2D eigenvalue weighted by molar-refractivity contribution is 0.655. The summed E-state index contributed by atoms with van der Waals surface area (Å²) in [4.78, 5) is 7.83. The number of hydrogen-bond acceptors (Lipinski definition) is 5. The maximum Gasteiger partial charge on any atom is 0.205 e. The molecule has 4 rings (SSSR count). The van der Waals surface area contributed by atoms with Gasteiger partial charge in [0.15, 0.2) is 0 Å². The number of rotatable bonds is 10. The fourth-order valence-electron chi connectivity index (χ4n) is 3.86. The van der Waals surface area contributed by atoms with Crippen molar-refractivity contribution >= 4 is 22.6 Å². The fourth-order valence-corrected chi connectivity index (χ4v) is 4.48. The van der Waals surface area contributed by atoms with E-state index in [4.69, 9.17) is 10.5 Å². The first-order valence-corrected chi connectivity index (χ1v) is 12.3. The van der Waals surface area contributed by atoms with E-state index < -0.39 is 0 Å². The van der Waals surface area contributed by atoms with Gasteiger partial charge in [0.2, 0.25) is 5.82 Å². The first-order chi connectivity index (χ1) is 16.2. The van der Waals surface area contributed by atoms with Crippen molar-refractivity contribution in [3.8, 4) is 22.5 Å². The van der Waals surface area contributed by atoms with E-state index in [-0.39, 0.29) is 0 Å². The number of halogens is 1. The molecule has 33 heavy (non-hydrogen) atoms. The van der Waals surface area contributed by atoms with E-state index in [1.165, 1.54) is 0 Å². The van der Waals surface area contributed by atoms with Crippen LogP contribution < -0.4 is 0 Å². The predicted octanol–water partition coefficient (Wildman–Crippen LogP) is 5.87. The number of aromatic nitrogens is 6. The molecule has 0 saturated heterocycles. The van der Waals surface area contributed by atoms with Crippen LogP contribution in [0.25, 0.3) is 33.0 Å². The number of alkyl halides is 1. The summed E-state index contributed by atoms with van der Waals surface area (Å²) in [5, 5.41) is 18.3. The molecule has 0 aliphatic heterocycles. The second-order valence-corrected chi connectivity index (χ2v) is 8.37. The molecular weight excluding hydrogens is 529 g/mol. The molecule has 2 heterocycles. The smallest absolute Gasteiger partial charge is 0.205 e. The van der Waals surface area contributed by atoms with Gasteiger partial charge in [-0.2, -0.15) is 5.21 Å². The molecule has 0 atom stereocenters. The number of H-pyrrole nitrogens is 1. The highest BCUT2D eigenvalue weighted by atomic mass is 127. The number of aromatic amines is 1. The lowest BCUT2D eigenvalue weighted by Gasteiger charge is -2.13.